The molecule has 0 saturated heterocycles. The van der Waals surface area contributed by atoms with Crippen molar-refractivity contribution in [2.45, 2.75) is 20.4 Å². The van der Waals surface area contributed by atoms with Gasteiger partial charge in [0.15, 0.2) is 5.78 Å². The van der Waals surface area contributed by atoms with Gasteiger partial charge in [-0.15, -0.1) is 0 Å². The van der Waals surface area contributed by atoms with Gasteiger partial charge in [0, 0.05) is 15.6 Å². The third-order valence-corrected chi connectivity index (χ3v) is 5.49. The number of aryl methyl sites for hydroxylation is 1. The van der Waals surface area contributed by atoms with Crippen molar-refractivity contribution in [3.05, 3.63) is 86.1 Å². The molecule has 0 fully saturated rings. The van der Waals surface area contributed by atoms with E-state index in [1.54, 1.807) is 31.4 Å². The number of allylic oxidation sites excluding steroid dienone is 1. The number of aromatic nitrogens is 2. The van der Waals surface area contributed by atoms with E-state index in [0.717, 1.165) is 32.7 Å². The Morgan fingerprint density at radius 2 is 2.04 bits per heavy atom. The number of hydrogen-bond donors (Lipinski definition) is 0. The summed E-state index contributed by atoms with van der Waals surface area (Å²) >= 11 is 9.64. The molecule has 1 heterocycles. The van der Waals surface area contributed by atoms with Crippen LogP contribution in [0.4, 0.5) is 0 Å². The van der Waals surface area contributed by atoms with Gasteiger partial charge in [-0.3, -0.25) is 9.48 Å². The number of carbonyl (C=O) groups excluding carboxylic acids is 1. The number of benzene rings is 2. The lowest BCUT2D eigenvalue weighted by Crippen LogP contribution is -2.06. The molecule has 0 spiro atoms. The van der Waals surface area contributed by atoms with Gasteiger partial charge in [-0.25, -0.2) is 0 Å². The molecule has 0 atom stereocenters. The smallest absolute Gasteiger partial charge is 0.185 e. The molecule has 2 aromatic carbocycles. The number of ketones is 1. The van der Waals surface area contributed by atoms with Crippen LogP contribution in [-0.4, -0.2) is 22.7 Å². The van der Waals surface area contributed by atoms with E-state index in [0.29, 0.717) is 17.1 Å². The highest BCUT2D eigenvalue weighted by atomic mass is 79.9. The van der Waals surface area contributed by atoms with Crippen LogP contribution >= 0.6 is 27.5 Å². The monoisotopic (exact) mass is 458 g/mol. The van der Waals surface area contributed by atoms with Gasteiger partial charge in [-0.2, -0.15) is 5.10 Å². The van der Waals surface area contributed by atoms with E-state index in [-0.39, 0.29) is 5.78 Å². The standard InChI is InChI=1S/C22H20BrClN2O2/c1-14-22(24)15(2)26(25-14)13-18-11-16(8-10-21(18)28-3)7-9-20(27)17-5-4-6-19(23)12-17/h4-12H,13H2,1-3H3/b9-7+. The Balaban J connectivity index is 1.86. The lowest BCUT2D eigenvalue weighted by atomic mass is 10.1. The molecule has 0 amide bonds. The molecule has 3 aromatic rings. The molecule has 0 aliphatic carbocycles. The molecule has 144 valence electrons. The molecule has 0 radical (unpaired) electrons. The SMILES string of the molecule is COc1ccc(/C=C/C(=O)c2cccc(Br)c2)cc1Cn1nc(C)c(Cl)c1C. The summed E-state index contributed by atoms with van der Waals surface area (Å²) in [6.45, 7) is 4.36. The molecule has 28 heavy (non-hydrogen) atoms. The van der Waals surface area contributed by atoms with Gasteiger partial charge in [0.2, 0.25) is 0 Å². The number of ether oxygens (including phenoxy) is 1. The third-order valence-electron chi connectivity index (χ3n) is 4.45. The zero-order valence-electron chi connectivity index (χ0n) is 15.9. The van der Waals surface area contributed by atoms with Gasteiger partial charge in [-0.05, 0) is 49.8 Å². The number of hydrogen-bond acceptors (Lipinski definition) is 3. The topological polar surface area (TPSA) is 44.1 Å². The second-order valence-electron chi connectivity index (χ2n) is 6.42. The number of carbonyl (C=O) groups is 1. The highest BCUT2D eigenvalue weighted by molar-refractivity contribution is 9.10. The lowest BCUT2D eigenvalue weighted by Gasteiger charge is -2.11. The maximum absolute atomic E-state index is 12.4. The van der Waals surface area contributed by atoms with E-state index in [1.807, 2.05) is 48.9 Å². The van der Waals surface area contributed by atoms with Crippen LogP contribution in [-0.2, 0) is 6.54 Å². The Morgan fingerprint density at radius 1 is 1.25 bits per heavy atom. The second-order valence-corrected chi connectivity index (χ2v) is 7.72. The van der Waals surface area contributed by atoms with Gasteiger partial charge in [0.25, 0.3) is 0 Å². The molecule has 0 bridgehead atoms. The number of methoxy groups -OCH3 is 1. The predicted octanol–water partition coefficient (Wildman–Crippen LogP) is 5.87. The summed E-state index contributed by atoms with van der Waals surface area (Å²) in [5.41, 5.74) is 4.21. The summed E-state index contributed by atoms with van der Waals surface area (Å²) < 4.78 is 8.22. The van der Waals surface area contributed by atoms with Crippen molar-refractivity contribution in [3.63, 3.8) is 0 Å². The zero-order valence-corrected chi connectivity index (χ0v) is 18.2. The van der Waals surface area contributed by atoms with E-state index in [1.165, 1.54) is 0 Å². The Kier molecular flexibility index (Phi) is 6.37. The van der Waals surface area contributed by atoms with Crippen LogP contribution in [0.25, 0.3) is 6.08 Å². The van der Waals surface area contributed by atoms with Crippen molar-refractivity contribution in [1.82, 2.24) is 9.78 Å². The number of nitrogens with zero attached hydrogens (tertiary/aromatic N) is 2. The van der Waals surface area contributed by atoms with Crippen molar-refractivity contribution in [1.29, 1.82) is 0 Å². The summed E-state index contributed by atoms with van der Waals surface area (Å²) in [7, 11) is 1.64. The Bertz CT molecular complexity index is 1060. The third kappa shape index (κ3) is 4.54. The molecule has 3 rings (SSSR count). The first-order chi connectivity index (χ1) is 13.4. The number of rotatable bonds is 6. The fourth-order valence-electron chi connectivity index (χ4n) is 2.93. The minimum absolute atomic E-state index is 0.0519. The van der Waals surface area contributed by atoms with Crippen LogP contribution in [0.2, 0.25) is 5.02 Å². The van der Waals surface area contributed by atoms with Crippen molar-refractivity contribution < 1.29 is 9.53 Å². The second kappa shape index (κ2) is 8.76. The maximum atomic E-state index is 12.4. The molecule has 1 aromatic heterocycles. The van der Waals surface area contributed by atoms with Crippen molar-refractivity contribution in [3.8, 4) is 5.75 Å². The van der Waals surface area contributed by atoms with Crippen molar-refractivity contribution >= 4 is 39.4 Å². The summed E-state index contributed by atoms with van der Waals surface area (Å²) in [5.74, 6) is 0.711. The van der Waals surface area contributed by atoms with Gasteiger partial charge < -0.3 is 4.74 Å². The van der Waals surface area contributed by atoms with E-state index < -0.39 is 0 Å². The average molecular weight is 460 g/mol. The quantitative estimate of drug-likeness (QED) is 0.342. The van der Waals surface area contributed by atoms with E-state index >= 15 is 0 Å². The summed E-state index contributed by atoms with van der Waals surface area (Å²) in [4.78, 5) is 12.4. The molecule has 0 unspecified atom stereocenters. The summed E-state index contributed by atoms with van der Waals surface area (Å²) in [5, 5.41) is 5.16. The molecule has 0 saturated carbocycles. The number of halogens is 2. The summed E-state index contributed by atoms with van der Waals surface area (Å²) in [6, 6.07) is 13.1. The molecular formula is C22H20BrClN2O2. The van der Waals surface area contributed by atoms with E-state index in [4.69, 9.17) is 16.3 Å². The molecule has 0 aliphatic rings. The maximum Gasteiger partial charge on any atom is 0.185 e. The van der Waals surface area contributed by atoms with Crippen molar-refractivity contribution in [2.24, 2.45) is 0 Å². The van der Waals surface area contributed by atoms with Gasteiger partial charge >= 0.3 is 0 Å². The Morgan fingerprint density at radius 3 is 2.68 bits per heavy atom. The molecule has 0 N–H and O–H groups in total. The van der Waals surface area contributed by atoms with Crippen LogP contribution < -0.4 is 4.74 Å². The molecule has 4 nitrogen and oxygen atoms in total. The predicted molar refractivity (Wildman–Crippen MR) is 116 cm³/mol. The van der Waals surface area contributed by atoms with Crippen LogP contribution in [0.1, 0.15) is 32.9 Å². The normalized spacial score (nSPS) is 11.2. The van der Waals surface area contributed by atoms with Crippen LogP contribution in [0, 0.1) is 13.8 Å². The van der Waals surface area contributed by atoms with Crippen LogP contribution in [0.15, 0.2) is 53.0 Å². The first-order valence-electron chi connectivity index (χ1n) is 8.73. The highest BCUT2D eigenvalue weighted by Crippen LogP contribution is 2.25. The van der Waals surface area contributed by atoms with Crippen molar-refractivity contribution in [2.75, 3.05) is 7.11 Å². The average Bonchev–Trinajstić information content (AvgIpc) is 2.93. The molecule has 6 heteroatoms. The van der Waals surface area contributed by atoms with Gasteiger partial charge in [0.1, 0.15) is 5.75 Å². The molecule has 0 aliphatic heterocycles. The van der Waals surface area contributed by atoms with Gasteiger partial charge in [-0.1, -0.05) is 51.8 Å². The minimum Gasteiger partial charge on any atom is -0.496 e. The van der Waals surface area contributed by atoms with E-state index in [9.17, 15) is 4.79 Å². The Labute approximate surface area is 177 Å². The molecular weight excluding hydrogens is 440 g/mol. The summed E-state index contributed by atoms with van der Waals surface area (Å²) in [6.07, 6.45) is 3.38. The highest BCUT2D eigenvalue weighted by Gasteiger charge is 2.12. The zero-order chi connectivity index (χ0) is 20.3. The fraction of sp³-hybridized carbons (Fsp3) is 0.182. The largest absolute Gasteiger partial charge is 0.496 e. The van der Waals surface area contributed by atoms with Gasteiger partial charge in [0.05, 0.1) is 30.1 Å². The Hall–Kier alpha value is -2.37. The first-order valence-corrected chi connectivity index (χ1v) is 9.90. The fourth-order valence-corrected chi connectivity index (χ4v) is 3.46. The van der Waals surface area contributed by atoms with E-state index in [2.05, 4.69) is 21.0 Å². The first kappa shape index (κ1) is 20.4. The van der Waals surface area contributed by atoms with Crippen LogP contribution in [0.3, 0.4) is 0 Å². The lowest BCUT2D eigenvalue weighted by molar-refractivity contribution is 0.104. The minimum atomic E-state index is -0.0519. The van der Waals surface area contributed by atoms with Crippen LogP contribution in [0.5, 0.6) is 5.75 Å².